The summed E-state index contributed by atoms with van der Waals surface area (Å²) in [5.41, 5.74) is 2.97. The van der Waals surface area contributed by atoms with Gasteiger partial charge in [-0.2, -0.15) is 0 Å². The molecule has 1 atom stereocenters. The largest absolute Gasteiger partial charge is 0.461 e. The molecule has 0 saturated carbocycles. The van der Waals surface area contributed by atoms with Crippen LogP contribution in [0.2, 0.25) is 0 Å². The van der Waals surface area contributed by atoms with Gasteiger partial charge < -0.3 is 24.9 Å². The number of hydrogen-bond donors (Lipinski definition) is 3. The van der Waals surface area contributed by atoms with Gasteiger partial charge in [0.05, 0.1) is 12.6 Å². The number of rotatable bonds is 6. The maximum Gasteiger partial charge on any atom is 0.407 e. The number of esters is 1. The molecule has 1 aliphatic rings. The predicted molar refractivity (Wildman–Crippen MR) is 87.0 cm³/mol. The van der Waals surface area contributed by atoms with E-state index in [4.69, 9.17) is 9.47 Å². The van der Waals surface area contributed by atoms with Crippen molar-refractivity contribution in [1.82, 2.24) is 10.3 Å². The molecule has 0 spiro atoms. The van der Waals surface area contributed by atoms with Crippen LogP contribution in [0.25, 0.3) is 10.9 Å². The summed E-state index contributed by atoms with van der Waals surface area (Å²) in [6, 6.07) is 5.76. The Kier molecular flexibility index (Phi) is 4.71. The number of aromatic nitrogens is 1. The van der Waals surface area contributed by atoms with E-state index in [1.165, 1.54) is 0 Å². The molecule has 1 unspecified atom stereocenters. The molecule has 0 radical (unpaired) electrons. The maximum absolute atomic E-state index is 12.1. The van der Waals surface area contributed by atoms with Crippen molar-refractivity contribution < 1.29 is 24.2 Å². The van der Waals surface area contributed by atoms with E-state index in [9.17, 15) is 14.7 Å². The van der Waals surface area contributed by atoms with Gasteiger partial charge in [0.1, 0.15) is 12.3 Å². The van der Waals surface area contributed by atoms with E-state index in [1.54, 1.807) is 6.92 Å². The molecule has 7 heteroatoms. The van der Waals surface area contributed by atoms with Gasteiger partial charge in [-0.25, -0.2) is 9.59 Å². The third-order valence-electron chi connectivity index (χ3n) is 4.03. The molecular formula is C17H20N2O5. The number of H-pyrrole nitrogens is 1. The van der Waals surface area contributed by atoms with Crippen molar-refractivity contribution in [2.24, 2.45) is 0 Å². The van der Waals surface area contributed by atoms with Crippen molar-refractivity contribution in [2.45, 2.75) is 25.8 Å². The third kappa shape index (κ3) is 3.21. The number of amides is 1. The van der Waals surface area contributed by atoms with E-state index in [0.717, 1.165) is 22.0 Å². The molecule has 3 N–H and O–H groups in total. The minimum Gasteiger partial charge on any atom is -0.461 e. The van der Waals surface area contributed by atoms with E-state index >= 15 is 0 Å². The summed E-state index contributed by atoms with van der Waals surface area (Å²) in [6.07, 6.45) is 0.606. The van der Waals surface area contributed by atoms with Crippen molar-refractivity contribution >= 4 is 23.0 Å². The van der Waals surface area contributed by atoms with Crippen molar-refractivity contribution in [3.8, 4) is 0 Å². The fraction of sp³-hybridized carbons (Fsp3) is 0.412. The number of cyclic esters (lactones) is 1. The van der Waals surface area contributed by atoms with E-state index in [-0.39, 0.29) is 12.6 Å². The first-order chi connectivity index (χ1) is 11.6. The highest BCUT2D eigenvalue weighted by Gasteiger charge is 2.23. The molecule has 3 rings (SSSR count). The molecule has 0 bridgehead atoms. The van der Waals surface area contributed by atoms with Gasteiger partial charge in [-0.3, -0.25) is 0 Å². The minimum atomic E-state index is -0.421. The Morgan fingerprint density at radius 3 is 2.96 bits per heavy atom. The van der Waals surface area contributed by atoms with Crippen LogP contribution < -0.4 is 5.32 Å². The van der Waals surface area contributed by atoms with Crippen LogP contribution in [0.4, 0.5) is 4.79 Å². The van der Waals surface area contributed by atoms with Gasteiger partial charge in [-0.05, 0) is 43.0 Å². The lowest BCUT2D eigenvalue weighted by Gasteiger charge is -2.08. The van der Waals surface area contributed by atoms with Crippen LogP contribution in [0.1, 0.15) is 28.5 Å². The Hall–Kier alpha value is -2.54. The minimum absolute atomic E-state index is 0.0558. The molecular weight excluding hydrogens is 312 g/mol. The first-order valence-electron chi connectivity index (χ1n) is 7.97. The number of benzene rings is 1. The van der Waals surface area contributed by atoms with Crippen LogP contribution in [-0.4, -0.2) is 48.0 Å². The number of aliphatic hydroxyl groups excluding tert-OH is 1. The number of carbonyl (C=O) groups is 2. The Morgan fingerprint density at radius 1 is 1.46 bits per heavy atom. The summed E-state index contributed by atoms with van der Waals surface area (Å²) < 4.78 is 9.98. The van der Waals surface area contributed by atoms with E-state index in [0.29, 0.717) is 31.7 Å². The monoisotopic (exact) mass is 332 g/mol. The van der Waals surface area contributed by atoms with Crippen molar-refractivity contribution in [1.29, 1.82) is 0 Å². The standard InChI is InChI=1S/C17H20N2O5/c1-2-23-16(21)15-12(5-6-20)13-8-10(3-4-14(13)19-15)7-11-9-24-17(22)18-11/h3-4,8,11,19-20H,2,5-7,9H2,1H3,(H,18,22). The molecule has 2 aromatic rings. The van der Waals surface area contributed by atoms with E-state index < -0.39 is 12.1 Å². The molecule has 7 nitrogen and oxygen atoms in total. The Balaban J connectivity index is 1.93. The molecule has 128 valence electrons. The van der Waals surface area contributed by atoms with E-state index in [2.05, 4.69) is 10.3 Å². The van der Waals surface area contributed by atoms with Gasteiger partial charge in [0.15, 0.2) is 0 Å². The Labute approximate surface area is 138 Å². The third-order valence-corrected chi connectivity index (χ3v) is 4.03. The normalized spacial score (nSPS) is 16.9. The molecule has 1 aromatic carbocycles. The average Bonchev–Trinajstić information content (AvgIpc) is 3.12. The van der Waals surface area contributed by atoms with E-state index in [1.807, 2.05) is 18.2 Å². The zero-order valence-corrected chi connectivity index (χ0v) is 13.4. The van der Waals surface area contributed by atoms with Gasteiger partial charge >= 0.3 is 12.1 Å². The van der Waals surface area contributed by atoms with Gasteiger partial charge in [0.25, 0.3) is 0 Å². The van der Waals surface area contributed by atoms with Gasteiger partial charge in [-0.15, -0.1) is 0 Å². The number of fused-ring (bicyclic) bond motifs is 1. The predicted octanol–water partition coefficient (Wildman–Crippen LogP) is 1.53. The molecule has 0 aliphatic carbocycles. The van der Waals surface area contributed by atoms with Crippen LogP contribution in [0, 0.1) is 0 Å². The topological polar surface area (TPSA) is 101 Å². The number of aliphatic hydroxyl groups is 1. The lowest BCUT2D eigenvalue weighted by atomic mass is 10.0. The highest BCUT2D eigenvalue weighted by Crippen LogP contribution is 2.26. The fourth-order valence-electron chi connectivity index (χ4n) is 2.99. The van der Waals surface area contributed by atoms with Crippen molar-refractivity contribution in [3.63, 3.8) is 0 Å². The molecule has 1 saturated heterocycles. The molecule has 1 fully saturated rings. The number of nitrogens with one attached hydrogen (secondary N) is 2. The lowest BCUT2D eigenvalue weighted by Crippen LogP contribution is -2.28. The number of aromatic amines is 1. The maximum atomic E-state index is 12.1. The summed E-state index contributed by atoms with van der Waals surface area (Å²) >= 11 is 0. The fourth-order valence-corrected chi connectivity index (χ4v) is 2.99. The summed E-state index contributed by atoms with van der Waals surface area (Å²) in [5.74, 6) is -0.421. The molecule has 1 aromatic heterocycles. The molecule has 2 heterocycles. The second-order valence-electron chi connectivity index (χ2n) is 5.70. The van der Waals surface area contributed by atoms with Crippen LogP contribution in [0.5, 0.6) is 0 Å². The zero-order chi connectivity index (χ0) is 17.1. The smallest absolute Gasteiger partial charge is 0.407 e. The van der Waals surface area contributed by atoms with Crippen LogP contribution in [0.15, 0.2) is 18.2 Å². The van der Waals surface area contributed by atoms with Crippen LogP contribution >= 0.6 is 0 Å². The lowest BCUT2D eigenvalue weighted by molar-refractivity contribution is 0.0519. The average molecular weight is 332 g/mol. The summed E-state index contributed by atoms with van der Waals surface area (Å²) in [6.45, 7) is 2.33. The number of carbonyl (C=O) groups excluding carboxylic acids is 2. The number of ether oxygens (including phenoxy) is 2. The molecule has 24 heavy (non-hydrogen) atoms. The second kappa shape index (κ2) is 6.92. The highest BCUT2D eigenvalue weighted by atomic mass is 16.6. The van der Waals surface area contributed by atoms with Crippen molar-refractivity contribution in [2.75, 3.05) is 19.8 Å². The summed E-state index contributed by atoms with van der Waals surface area (Å²) in [7, 11) is 0. The van der Waals surface area contributed by atoms with Crippen molar-refractivity contribution in [3.05, 3.63) is 35.0 Å². The van der Waals surface area contributed by atoms with Gasteiger partial charge in [0.2, 0.25) is 0 Å². The molecule has 1 aliphatic heterocycles. The summed E-state index contributed by atoms with van der Waals surface area (Å²) in [5, 5.41) is 13.0. The van der Waals surface area contributed by atoms with Crippen LogP contribution in [-0.2, 0) is 22.3 Å². The summed E-state index contributed by atoms with van der Waals surface area (Å²) in [4.78, 5) is 26.3. The Morgan fingerprint density at radius 2 is 2.29 bits per heavy atom. The quantitative estimate of drug-likeness (QED) is 0.697. The first-order valence-corrected chi connectivity index (χ1v) is 7.97. The zero-order valence-electron chi connectivity index (χ0n) is 13.4. The highest BCUT2D eigenvalue weighted by molar-refractivity contribution is 5.98. The second-order valence-corrected chi connectivity index (χ2v) is 5.70. The number of alkyl carbamates (subject to hydrolysis) is 1. The number of hydrogen-bond acceptors (Lipinski definition) is 5. The van der Waals surface area contributed by atoms with Gasteiger partial charge in [0, 0.05) is 17.5 Å². The van der Waals surface area contributed by atoms with Crippen LogP contribution in [0.3, 0.4) is 0 Å². The molecule has 1 amide bonds. The first kappa shape index (κ1) is 16.3. The SMILES string of the molecule is CCOC(=O)c1[nH]c2ccc(CC3COC(=O)N3)cc2c1CCO. The Bertz CT molecular complexity index is 768. The van der Waals surface area contributed by atoms with Gasteiger partial charge in [-0.1, -0.05) is 6.07 Å².